The third kappa shape index (κ3) is 1.79. The van der Waals surface area contributed by atoms with Gasteiger partial charge < -0.3 is 14.9 Å². The smallest absolute Gasteiger partial charge is 0.334 e. The fraction of sp³-hybridized carbons (Fsp3) is 0.750. The summed E-state index contributed by atoms with van der Waals surface area (Å²) >= 11 is 0. The molecular formula is C20H28O4. The van der Waals surface area contributed by atoms with E-state index in [4.69, 9.17) is 4.74 Å². The van der Waals surface area contributed by atoms with Crippen molar-refractivity contribution in [3.8, 4) is 0 Å². The highest BCUT2D eigenvalue weighted by Gasteiger charge is 2.64. The summed E-state index contributed by atoms with van der Waals surface area (Å²) in [6.45, 7) is 8.25. The summed E-state index contributed by atoms with van der Waals surface area (Å²) in [6, 6.07) is 0. The molecule has 0 bridgehead atoms. The molecule has 4 rings (SSSR count). The highest BCUT2D eigenvalue weighted by atomic mass is 16.5. The van der Waals surface area contributed by atoms with Crippen LogP contribution in [0.2, 0.25) is 0 Å². The van der Waals surface area contributed by atoms with Crippen LogP contribution in [0.3, 0.4) is 0 Å². The van der Waals surface area contributed by atoms with Crippen LogP contribution in [0.5, 0.6) is 0 Å². The molecular weight excluding hydrogens is 304 g/mol. The first-order chi connectivity index (χ1) is 11.1. The molecule has 5 unspecified atom stereocenters. The molecule has 1 heterocycles. The van der Waals surface area contributed by atoms with Crippen molar-refractivity contribution in [3.63, 3.8) is 0 Å². The van der Waals surface area contributed by atoms with Crippen LogP contribution in [0, 0.1) is 16.7 Å². The Morgan fingerprint density at radius 3 is 2.67 bits per heavy atom. The molecule has 0 spiro atoms. The van der Waals surface area contributed by atoms with E-state index in [0.29, 0.717) is 18.4 Å². The van der Waals surface area contributed by atoms with Crippen molar-refractivity contribution in [2.24, 2.45) is 16.7 Å². The van der Waals surface area contributed by atoms with E-state index in [1.54, 1.807) is 0 Å². The van der Waals surface area contributed by atoms with Crippen LogP contribution < -0.4 is 0 Å². The number of carbonyl (C=O) groups excluding carboxylic acids is 1. The van der Waals surface area contributed by atoms with Crippen LogP contribution >= 0.6 is 0 Å². The first-order valence-electron chi connectivity index (χ1n) is 9.14. The van der Waals surface area contributed by atoms with Crippen molar-refractivity contribution >= 4 is 5.97 Å². The third-order valence-corrected chi connectivity index (χ3v) is 7.79. The topological polar surface area (TPSA) is 66.8 Å². The monoisotopic (exact) mass is 332 g/mol. The maximum absolute atomic E-state index is 11.9. The average Bonchev–Trinajstić information content (AvgIpc) is 2.77. The Hall–Kier alpha value is -1.13. The standard InChI is InChI=1S/C20H28O4/c1-11-13-9-12-5-6-15-18(2,3)16(21)7-8-19(15,4)20(12,23)10-14(13)24-17(11)22/h9,14-16,21,23H,5-8,10H2,1-4H3. The Labute approximate surface area is 143 Å². The number of hydrogen-bond acceptors (Lipinski definition) is 4. The molecule has 2 fully saturated rings. The first-order valence-corrected chi connectivity index (χ1v) is 9.14. The predicted octanol–water partition coefficient (Wildman–Crippen LogP) is 2.89. The van der Waals surface area contributed by atoms with E-state index in [-0.39, 0.29) is 34.9 Å². The lowest BCUT2D eigenvalue weighted by Gasteiger charge is -2.63. The van der Waals surface area contributed by atoms with Crippen molar-refractivity contribution in [3.05, 3.63) is 22.8 Å². The van der Waals surface area contributed by atoms with Crippen molar-refractivity contribution in [2.75, 3.05) is 0 Å². The van der Waals surface area contributed by atoms with Gasteiger partial charge in [-0.15, -0.1) is 0 Å². The number of fused-ring (bicyclic) bond motifs is 4. The minimum absolute atomic E-state index is 0.216. The van der Waals surface area contributed by atoms with Gasteiger partial charge >= 0.3 is 5.97 Å². The van der Waals surface area contributed by atoms with E-state index in [9.17, 15) is 15.0 Å². The highest BCUT2D eigenvalue weighted by Crippen LogP contribution is 2.65. The Bertz CT molecular complexity index is 673. The molecule has 4 heteroatoms. The predicted molar refractivity (Wildman–Crippen MR) is 90.1 cm³/mol. The van der Waals surface area contributed by atoms with E-state index in [2.05, 4.69) is 20.8 Å². The van der Waals surface area contributed by atoms with Gasteiger partial charge in [0.05, 0.1) is 11.7 Å². The maximum Gasteiger partial charge on any atom is 0.334 e. The summed E-state index contributed by atoms with van der Waals surface area (Å²) in [6.07, 6.45) is 5.15. The molecule has 0 aromatic rings. The molecule has 0 amide bonds. The SMILES string of the molecule is CC1=C2C=C3CCC4C(C)(C)C(O)CCC4(C)C3(O)CC2OC1=O. The lowest BCUT2D eigenvalue weighted by molar-refractivity contribution is -0.197. The number of aliphatic hydroxyl groups excluding tert-OH is 1. The van der Waals surface area contributed by atoms with Gasteiger partial charge in [0.2, 0.25) is 0 Å². The average molecular weight is 332 g/mol. The summed E-state index contributed by atoms with van der Waals surface area (Å²) in [5.74, 6) is -0.00479. The highest BCUT2D eigenvalue weighted by molar-refractivity contribution is 5.92. The molecule has 0 aromatic heterocycles. The van der Waals surface area contributed by atoms with Crippen molar-refractivity contribution < 1.29 is 19.7 Å². The molecule has 0 saturated heterocycles. The zero-order valence-electron chi connectivity index (χ0n) is 15.1. The summed E-state index contributed by atoms with van der Waals surface area (Å²) in [4.78, 5) is 11.9. The quantitative estimate of drug-likeness (QED) is 0.670. The number of hydrogen-bond donors (Lipinski definition) is 2. The molecule has 0 radical (unpaired) electrons. The van der Waals surface area contributed by atoms with E-state index < -0.39 is 5.60 Å². The second-order valence-electron chi connectivity index (χ2n) is 9.09. The molecule has 132 valence electrons. The molecule has 5 atom stereocenters. The van der Waals surface area contributed by atoms with Crippen LogP contribution in [-0.4, -0.2) is 34.0 Å². The molecule has 2 N–H and O–H groups in total. The fourth-order valence-electron chi connectivity index (χ4n) is 6.10. The Morgan fingerprint density at radius 2 is 1.96 bits per heavy atom. The van der Waals surface area contributed by atoms with Gasteiger partial charge in [-0.3, -0.25) is 0 Å². The molecule has 2 saturated carbocycles. The third-order valence-electron chi connectivity index (χ3n) is 7.79. The molecule has 3 aliphatic carbocycles. The van der Waals surface area contributed by atoms with Crippen molar-refractivity contribution in [1.29, 1.82) is 0 Å². The molecule has 4 nitrogen and oxygen atoms in total. The second kappa shape index (κ2) is 4.73. The molecule has 1 aliphatic heterocycles. The molecule has 24 heavy (non-hydrogen) atoms. The number of esters is 1. The number of carbonyl (C=O) groups is 1. The summed E-state index contributed by atoms with van der Waals surface area (Å²) in [7, 11) is 0. The van der Waals surface area contributed by atoms with Crippen LogP contribution in [0.1, 0.15) is 59.8 Å². The first kappa shape index (κ1) is 16.3. The van der Waals surface area contributed by atoms with E-state index in [1.165, 1.54) is 0 Å². The van der Waals surface area contributed by atoms with Gasteiger partial charge in [0, 0.05) is 23.0 Å². The Kier molecular flexibility index (Phi) is 3.22. The summed E-state index contributed by atoms with van der Waals surface area (Å²) in [5, 5.41) is 22.3. The number of rotatable bonds is 0. The van der Waals surface area contributed by atoms with Gasteiger partial charge in [-0.2, -0.15) is 0 Å². The van der Waals surface area contributed by atoms with E-state index in [0.717, 1.165) is 30.4 Å². The Morgan fingerprint density at radius 1 is 1.25 bits per heavy atom. The molecule has 0 aromatic carbocycles. The molecule has 4 aliphatic rings. The zero-order chi connectivity index (χ0) is 17.5. The van der Waals surface area contributed by atoms with Gasteiger partial charge in [-0.25, -0.2) is 4.79 Å². The Balaban J connectivity index is 1.81. The van der Waals surface area contributed by atoms with Gasteiger partial charge in [0.25, 0.3) is 0 Å². The van der Waals surface area contributed by atoms with Crippen molar-refractivity contribution in [1.82, 2.24) is 0 Å². The van der Waals surface area contributed by atoms with Crippen molar-refractivity contribution in [2.45, 2.75) is 77.6 Å². The van der Waals surface area contributed by atoms with Gasteiger partial charge in [0.1, 0.15) is 6.10 Å². The fourth-order valence-corrected chi connectivity index (χ4v) is 6.10. The van der Waals surface area contributed by atoms with Crippen LogP contribution in [0.25, 0.3) is 0 Å². The van der Waals surface area contributed by atoms with Gasteiger partial charge in [0.15, 0.2) is 0 Å². The normalized spacial score (nSPS) is 46.7. The lowest BCUT2D eigenvalue weighted by Crippen LogP contribution is -2.64. The van der Waals surface area contributed by atoms with E-state index in [1.807, 2.05) is 13.0 Å². The maximum atomic E-state index is 11.9. The summed E-state index contributed by atoms with van der Waals surface area (Å²) in [5.41, 5.74) is 1.23. The summed E-state index contributed by atoms with van der Waals surface area (Å²) < 4.78 is 5.52. The van der Waals surface area contributed by atoms with Crippen LogP contribution in [0.15, 0.2) is 22.8 Å². The number of aliphatic hydroxyl groups is 2. The lowest BCUT2D eigenvalue weighted by atomic mass is 9.43. The minimum atomic E-state index is -0.952. The largest absolute Gasteiger partial charge is 0.454 e. The number of ether oxygens (including phenoxy) is 1. The van der Waals surface area contributed by atoms with Crippen LogP contribution in [-0.2, 0) is 9.53 Å². The minimum Gasteiger partial charge on any atom is -0.454 e. The van der Waals surface area contributed by atoms with Crippen LogP contribution in [0.4, 0.5) is 0 Å². The van der Waals surface area contributed by atoms with Gasteiger partial charge in [-0.05, 0) is 49.5 Å². The second-order valence-corrected chi connectivity index (χ2v) is 9.09. The van der Waals surface area contributed by atoms with E-state index >= 15 is 0 Å². The van der Waals surface area contributed by atoms with Gasteiger partial charge in [-0.1, -0.05) is 26.8 Å². The zero-order valence-corrected chi connectivity index (χ0v) is 15.1.